The highest BCUT2D eigenvalue weighted by atomic mass is 32.2. The van der Waals surface area contributed by atoms with Gasteiger partial charge in [-0.15, -0.1) is 10.2 Å². The van der Waals surface area contributed by atoms with Crippen LogP contribution in [0.15, 0.2) is 53.7 Å². The summed E-state index contributed by atoms with van der Waals surface area (Å²) in [6.07, 6.45) is 3.64. The fourth-order valence-electron chi connectivity index (χ4n) is 4.21. The minimum Gasteiger partial charge on any atom is -0.312 e. The first-order valence-corrected chi connectivity index (χ1v) is 12.5. The molecule has 2 heterocycles. The Balaban J connectivity index is 1.55. The number of halogens is 1. The van der Waals surface area contributed by atoms with Crippen molar-refractivity contribution in [2.45, 2.75) is 44.8 Å². The fourth-order valence-corrected chi connectivity index (χ4v) is 5.06. The van der Waals surface area contributed by atoms with Crippen LogP contribution in [0.5, 0.6) is 0 Å². The quantitative estimate of drug-likeness (QED) is 0.444. The molecule has 1 amide bonds. The zero-order valence-electron chi connectivity index (χ0n) is 19.2. The van der Waals surface area contributed by atoms with Crippen LogP contribution in [0, 0.1) is 12.7 Å². The maximum Gasteiger partial charge on any atom is 0.237 e. The predicted molar refractivity (Wildman–Crippen MR) is 130 cm³/mol. The maximum absolute atomic E-state index is 13.6. The van der Waals surface area contributed by atoms with E-state index in [4.69, 9.17) is 0 Å². The van der Waals surface area contributed by atoms with Crippen LogP contribution in [0.25, 0.3) is 5.69 Å². The Morgan fingerprint density at radius 2 is 1.79 bits per heavy atom. The smallest absolute Gasteiger partial charge is 0.237 e. The highest BCUT2D eigenvalue weighted by molar-refractivity contribution is 7.99. The van der Waals surface area contributed by atoms with E-state index in [-0.39, 0.29) is 17.5 Å². The molecule has 4 rings (SSSR count). The van der Waals surface area contributed by atoms with Gasteiger partial charge in [-0.25, -0.2) is 4.39 Å². The molecule has 0 N–H and O–H groups in total. The van der Waals surface area contributed by atoms with Gasteiger partial charge in [0.1, 0.15) is 5.82 Å². The molecule has 0 bridgehead atoms. The van der Waals surface area contributed by atoms with Gasteiger partial charge in [0.25, 0.3) is 0 Å². The summed E-state index contributed by atoms with van der Waals surface area (Å²) in [7, 11) is 0. The second-order valence-corrected chi connectivity index (χ2v) is 9.20. The largest absolute Gasteiger partial charge is 0.312 e. The van der Waals surface area contributed by atoms with Crippen LogP contribution in [0.2, 0.25) is 0 Å². The van der Waals surface area contributed by atoms with Crippen LogP contribution in [-0.4, -0.2) is 51.0 Å². The molecular weight excluding hydrogens is 437 g/mol. The molecule has 0 unspecified atom stereocenters. The number of aryl methyl sites for hydroxylation is 1. The molecule has 174 valence electrons. The molecule has 3 aromatic rings. The van der Waals surface area contributed by atoms with Crippen LogP contribution in [0.4, 0.5) is 10.1 Å². The molecule has 1 saturated heterocycles. The van der Waals surface area contributed by atoms with E-state index < -0.39 is 0 Å². The van der Waals surface area contributed by atoms with Crippen molar-refractivity contribution < 1.29 is 9.18 Å². The van der Waals surface area contributed by atoms with Gasteiger partial charge in [-0.1, -0.05) is 36.4 Å². The van der Waals surface area contributed by atoms with E-state index >= 15 is 0 Å². The Kier molecular flexibility index (Phi) is 7.77. The average molecular weight is 468 g/mol. The Bertz CT molecular complexity index is 1080. The van der Waals surface area contributed by atoms with Crippen molar-refractivity contribution in [1.82, 2.24) is 19.7 Å². The number of anilines is 1. The third-order valence-electron chi connectivity index (χ3n) is 5.95. The first-order valence-electron chi connectivity index (χ1n) is 11.5. The van der Waals surface area contributed by atoms with Crippen LogP contribution >= 0.6 is 11.8 Å². The van der Waals surface area contributed by atoms with Crippen molar-refractivity contribution in [2.24, 2.45) is 0 Å². The molecule has 33 heavy (non-hydrogen) atoms. The molecule has 1 aliphatic heterocycles. The first kappa shape index (κ1) is 23.4. The zero-order chi connectivity index (χ0) is 23.2. The van der Waals surface area contributed by atoms with Gasteiger partial charge in [-0.3, -0.25) is 14.3 Å². The lowest BCUT2D eigenvalue weighted by Crippen LogP contribution is -2.32. The lowest BCUT2D eigenvalue weighted by molar-refractivity contribution is -0.116. The highest BCUT2D eigenvalue weighted by Crippen LogP contribution is 2.26. The SMILES string of the molecule is CCN(C(=O)CSc1nnc(CN2CCCCC2)n1-c1ccc(F)cc1)c1ccccc1C. The van der Waals surface area contributed by atoms with E-state index in [1.54, 1.807) is 17.0 Å². The average Bonchev–Trinajstić information content (AvgIpc) is 3.23. The first-order chi connectivity index (χ1) is 16.1. The van der Waals surface area contributed by atoms with Gasteiger partial charge >= 0.3 is 0 Å². The summed E-state index contributed by atoms with van der Waals surface area (Å²) in [6, 6.07) is 14.2. The standard InChI is InChI=1S/C25H30FN5OS/c1-3-30(22-10-6-5-9-19(22)2)24(32)18-33-25-28-27-23(17-29-15-7-4-8-16-29)31(25)21-13-11-20(26)12-14-21/h5-6,9-14H,3-4,7-8,15-18H2,1-2H3. The normalized spacial score (nSPS) is 14.4. The van der Waals surface area contributed by atoms with Gasteiger partial charge in [0.2, 0.25) is 5.91 Å². The highest BCUT2D eigenvalue weighted by Gasteiger charge is 2.21. The van der Waals surface area contributed by atoms with Gasteiger partial charge in [-0.05, 0) is 75.7 Å². The summed E-state index contributed by atoms with van der Waals surface area (Å²) in [5.74, 6) is 0.781. The Morgan fingerprint density at radius 3 is 2.48 bits per heavy atom. The number of hydrogen-bond donors (Lipinski definition) is 0. The summed E-state index contributed by atoms with van der Waals surface area (Å²) >= 11 is 1.37. The molecule has 8 heteroatoms. The maximum atomic E-state index is 13.6. The Labute approximate surface area is 198 Å². The van der Waals surface area contributed by atoms with Crippen LogP contribution < -0.4 is 4.90 Å². The number of amides is 1. The molecule has 0 spiro atoms. The van der Waals surface area contributed by atoms with Gasteiger partial charge < -0.3 is 4.90 Å². The second-order valence-electron chi connectivity index (χ2n) is 8.26. The minimum atomic E-state index is -0.286. The molecule has 2 aromatic carbocycles. The van der Waals surface area contributed by atoms with Crippen molar-refractivity contribution >= 4 is 23.4 Å². The van der Waals surface area contributed by atoms with E-state index in [1.807, 2.05) is 42.7 Å². The van der Waals surface area contributed by atoms with E-state index in [0.717, 1.165) is 35.9 Å². The number of hydrogen-bond acceptors (Lipinski definition) is 5. The van der Waals surface area contributed by atoms with Gasteiger partial charge in [-0.2, -0.15) is 0 Å². The zero-order valence-corrected chi connectivity index (χ0v) is 20.0. The molecule has 1 fully saturated rings. The number of carbonyl (C=O) groups is 1. The lowest BCUT2D eigenvalue weighted by Gasteiger charge is -2.26. The number of nitrogens with zero attached hydrogens (tertiary/aromatic N) is 5. The summed E-state index contributed by atoms with van der Waals surface area (Å²) in [5, 5.41) is 9.51. The Morgan fingerprint density at radius 1 is 1.06 bits per heavy atom. The Hall–Kier alpha value is -2.71. The van der Waals surface area contributed by atoms with Gasteiger partial charge in [0.05, 0.1) is 12.3 Å². The van der Waals surface area contributed by atoms with E-state index in [2.05, 4.69) is 15.1 Å². The molecule has 1 aromatic heterocycles. The molecule has 6 nitrogen and oxygen atoms in total. The van der Waals surface area contributed by atoms with Crippen molar-refractivity contribution in [2.75, 3.05) is 30.3 Å². The summed E-state index contributed by atoms with van der Waals surface area (Å²) < 4.78 is 15.5. The van der Waals surface area contributed by atoms with E-state index in [9.17, 15) is 9.18 Å². The van der Waals surface area contributed by atoms with Gasteiger partial charge in [0, 0.05) is 17.9 Å². The molecule has 0 radical (unpaired) electrons. The fraction of sp³-hybridized carbons (Fsp3) is 0.400. The van der Waals surface area contributed by atoms with Crippen molar-refractivity contribution in [3.05, 3.63) is 65.7 Å². The second kappa shape index (κ2) is 10.9. The van der Waals surface area contributed by atoms with Crippen LogP contribution in [-0.2, 0) is 11.3 Å². The van der Waals surface area contributed by atoms with E-state index in [0.29, 0.717) is 18.2 Å². The number of para-hydroxylation sites is 1. The topological polar surface area (TPSA) is 54.3 Å². The third-order valence-corrected chi connectivity index (χ3v) is 6.86. The number of thioether (sulfide) groups is 1. The third kappa shape index (κ3) is 5.62. The summed E-state index contributed by atoms with van der Waals surface area (Å²) in [4.78, 5) is 17.3. The number of carbonyl (C=O) groups excluding carboxylic acids is 1. The number of benzene rings is 2. The number of rotatable bonds is 8. The molecule has 0 atom stereocenters. The number of piperidine rings is 1. The van der Waals surface area contributed by atoms with E-state index in [1.165, 1.54) is 43.2 Å². The minimum absolute atomic E-state index is 0.0167. The van der Waals surface area contributed by atoms with Crippen molar-refractivity contribution in [3.8, 4) is 5.69 Å². The van der Waals surface area contributed by atoms with Crippen molar-refractivity contribution in [1.29, 1.82) is 0 Å². The molecule has 1 aliphatic rings. The molecule has 0 aliphatic carbocycles. The molecule has 0 saturated carbocycles. The summed E-state index contributed by atoms with van der Waals surface area (Å²) in [6.45, 7) is 7.35. The van der Waals surface area contributed by atoms with Crippen LogP contribution in [0.3, 0.4) is 0 Å². The van der Waals surface area contributed by atoms with Crippen molar-refractivity contribution in [3.63, 3.8) is 0 Å². The van der Waals surface area contributed by atoms with Gasteiger partial charge in [0.15, 0.2) is 11.0 Å². The predicted octanol–water partition coefficient (Wildman–Crippen LogP) is 4.85. The number of likely N-dealkylation sites (tertiary alicyclic amines) is 1. The lowest BCUT2D eigenvalue weighted by atomic mass is 10.1. The van der Waals surface area contributed by atoms with Crippen LogP contribution in [0.1, 0.15) is 37.6 Å². The summed E-state index contributed by atoms with van der Waals surface area (Å²) in [5.41, 5.74) is 2.79. The molecular formula is C25H30FN5OS. The monoisotopic (exact) mass is 467 g/mol. The number of aromatic nitrogens is 3.